The number of carbonyl (C=O) groups excluding carboxylic acids is 2. The molecule has 0 aliphatic carbocycles. The third-order valence-electron chi connectivity index (χ3n) is 4.87. The van der Waals surface area contributed by atoms with Gasteiger partial charge in [0.1, 0.15) is 0 Å². The molecule has 5 rings (SSSR count). The van der Waals surface area contributed by atoms with E-state index >= 15 is 0 Å². The first-order chi connectivity index (χ1) is 12.8. The Morgan fingerprint density at radius 1 is 0.556 bits per heavy atom. The van der Waals surface area contributed by atoms with Gasteiger partial charge < -0.3 is 9.59 Å². The normalized spacial score (nSPS) is 10.6. The Hall–Kier alpha value is -2.16. The summed E-state index contributed by atoms with van der Waals surface area (Å²) in [6, 6.07) is 19.8. The van der Waals surface area contributed by atoms with Crippen LogP contribution in [-0.2, 0) is 42.3 Å². The average Bonchev–Trinajstić information content (AvgIpc) is 2.72. The van der Waals surface area contributed by atoms with Gasteiger partial charge in [0.2, 0.25) is 0 Å². The van der Waals surface area contributed by atoms with Crippen molar-refractivity contribution in [1.29, 1.82) is 0 Å². The Morgan fingerprint density at radius 2 is 1.00 bits per heavy atom. The topological polar surface area (TPSA) is 34.1 Å². The molecule has 0 saturated heterocycles. The van der Waals surface area contributed by atoms with Crippen LogP contribution in [0.1, 0.15) is 25.0 Å². The van der Waals surface area contributed by atoms with Gasteiger partial charge in [0.15, 0.2) is 0 Å². The van der Waals surface area contributed by atoms with Crippen LogP contribution in [0.5, 0.6) is 0 Å². The molecule has 0 spiro atoms. The zero-order valence-electron chi connectivity index (χ0n) is 15.2. The van der Waals surface area contributed by atoms with Crippen molar-refractivity contribution in [1.82, 2.24) is 0 Å². The molecule has 0 aromatic heterocycles. The summed E-state index contributed by atoms with van der Waals surface area (Å²) in [5.74, 6) is 0. The molecule has 0 amide bonds. The third-order valence-corrected chi connectivity index (χ3v) is 4.87. The predicted molar refractivity (Wildman–Crippen MR) is 109 cm³/mol. The van der Waals surface area contributed by atoms with E-state index in [1.807, 2.05) is 50.7 Å². The Bertz CT molecular complexity index is 1200. The SMILES string of the molecule is CC.O=[C-]c1ccc2c3cccc4cccc(c5ccc([C-]=O)c1c25)c43.[Y]. The van der Waals surface area contributed by atoms with E-state index < -0.39 is 0 Å². The summed E-state index contributed by atoms with van der Waals surface area (Å²) in [5, 5.41) is 8.30. The van der Waals surface area contributed by atoms with Crippen LogP contribution in [-0.4, -0.2) is 12.6 Å². The summed E-state index contributed by atoms with van der Waals surface area (Å²) in [7, 11) is 0. The van der Waals surface area contributed by atoms with E-state index in [2.05, 4.69) is 24.3 Å². The second kappa shape index (κ2) is 7.84. The van der Waals surface area contributed by atoms with Gasteiger partial charge in [-0.3, -0.25) is 0 Å². The fourth-order valence-electron chi connectivity index (χ4n) is 3.90. The maximum Gasteiger partial charge on any atom is 0.0632 e. The predicted octanol–water partition coefficient (Wildman–Crippen LogP) is 5.68. The van der Waals surface area contributed by atoms with Crippen LogP contribution in [0.3, 0.4) is 0 Å². The minimum atomic E-state index is 0. The summed E-state index contributed by atoms with van der Waals surface area (Å²) in [5.41, 5.74) is 0.806. The molecule has 1 radical (unpaired) electrons. The standard InChI is InChI=1S/C22H10O2.C2H6.Y/c23-11-14-7-9-18-16-5-1-3-13-4-2-6-17(21(13)16)19-10-8-15(12-24)20(14)22(18)19;1-2;/h1-10H;1-2H3;/q-2;;. The molecule has 27 heavy (non-hydrogen) atoms. The average molecular weight is 425 g/mol. The fourth-order valence-corrected chi connectivity index (χ4v) is 3.90. The number of fused-ring (bicyclic) bond motifs is 2. The molecule has 0 atom stereocenters. The van der Waals surface area contributed by atoms with Crippen LogP contribution in [0.4, 0.5) is 0 Å². The van der Waals surface area contributed by atoms with Gasteiger partial charge in [-0.1, -0.05) is 55.6 Å². The third kappa shape index (κ3) is 2.79. The molecule has 0 saturated carbocycles. The van der Waals surface area contributed by atoms with E-state index in [-0.39, 0.29) is 32.7 Å². The molecule has 3 heteroatoms. The zero-order chi connectivity index (χ0) is 18.3. The second-order valence-electron chi connectivity index (χ2n) is 5.98. The summed E-state index contributed by atoms with van der Waals surface area (Å²) in [6.07, 6.45) is 3.93. The molecule has 0 heterocycles. The summed E-state index contributed by atoms with van der Waals surface area (Å²) in [6.45, 7) is 4.00. The molecule has 0 aliphatic heterocycles. The van der Waals surface area contributed by atoms with Crippen LogP contribution in [0.15, 0.2) is 60.7 Å². The van der Waals surface area contributed by atoms with Gasteiger partial charge in [-0.25, -0.2) is 0 Å². The van der Waals surface area contributed by atoms with Gasteiger partial charge >= 0.3 is 0 Å². The largest absolute Gasteiger partial charge is 0.376 e. The number of benzene rings is 5. The summed E-state index contributed by atoms with van der Waals surface area (Å²) < 4.78 is 0. The maximum absolute atomic E-state index is 11.4. The number of rotatable bonds is 2. The Morgan fingerprint density at radius 3 is 1.44 bits per heavy atom. The van der Waals surface area contributed by atoms with Gasteiger partial charge in [0, 0.05) is 32.7 Å². The maximum atomic E-state index is 11.4. The second-order valence-corrected chi connectivity index (χ2v) is 5.98. The Labute approximate surface area is 182 Å². The minimum Gasteiger partial charge on any atom is -0.376 e. The molecule has 0 unspecified atom stereocenters. The van der Waals surface area contributed by atoms with Crippen LogP contribution in [0.2, 0.25) is 0 Å². The summed E-state index contributed by atoms with van der Waals surface area (Å²) in [4.78, 5) is 22.8. The van der Waals surface area contributed by atoms with E-state index in [4.69, 9.17) is 0 Å². The van der Waals surface area contributed by atoms with Crippen molar-refractivity contribution >= 4 is 55.7 Å². The van der Waals surface area contributed by atoms with Gasteiger partial charge in [0.25, 0.3) is 0 Å². The van der Waals surface area contributed by atoms with Crippen LogP contribution in [0, 0.1) is 0 Å². The van der Waals surface area contributed by atoms with Crippen LogP contribution in [0.25, 0.3) is 43.1 Å². The van der Waals surface area contributed by atoms with Crippen molar-refractivity contribution in [2.45, 2.75) is 13.8 Å². The van der Waals surface area contributed by atoms with Crippen molar-refractivity contribution in [2.75, 3.05) is 0 Å². The number of hydrogen-bond acceptors (Lipinski definition) is 2. The van der Waals surface area contributed by atoms with Crippen molar-refractivity contribution in [3.05, 3.63) is 71.8 Å². The van der Waals surface area contributed by atoms with Gasteiger partial charge in [-0.15, -0.1) is 28.6 Å². The minimum absolute atomic E-state index is 0. The number of hydrogen-bond donors (Lipinski definition) is 0. The van der Waals surface area contributed by atoms with Gasteiger partial charge in [-0.05, 0) is 32.3 Å². The molecule has 5 aromatic carbocycles. The Balaban J connectivity index is 0.000000680. The fraction of sp³-hybridized carbons (Fsp3) is 0.0833. The summed E-state index contributed by atoms with van der Waals surface area (Å²) >= 11 is 0. The van der Waals surface area contributed by atoms with Crippen LogP contribution >= 0.6 is 0 Å². The van der Waals surface area contributed by atoms with Crippen LogP contribution < -0.4 is 0 Å². The quantitative estimate of drug-likeness (QED) is 0.207. The molecule has 0 aliphatic rings. The van der Waals surface area contributed by atoms with Gasteiger partial charge in [0.05, 0.1) is 12.6 Å². The molecular weight excluding hydrogens is 409 g/mol. The Kier molecular flexibility index (Phi) is 5.69. The molecule has 5 aromatic rings. The zero-order valence-corrected chi connectivity index (χ0v) is 18.0. The smallest absolute Gasteiger partial charge is 0.0632 e. The first-order valence-electron chi connectivity index (χ1n) is 8.72. The van der Waals surface area contributed by atoms with E-state index in [1.165, 1.54) is 10.8 Å². The van der Waals surface area contributed by atoms with E-state index in [0.717, 1.165) is 26.9 Å². The molecule has 129 valence electrons. The molecule has 0 N–H and O–H groups in total. The van der Waals surface area contributed by atoms with E-state index in [1.54, 1.807) is 12.1 Å². The first-order valence-corrected chi connectivity index (χ1v) is 8.72. The van der Waals surface area contributed by atoms with Crippen molar-refractivity contribution in [3.8, 4) is 0 Å². The van der Waals surface area contributed by atoms with E-state index in [0.29, 0.717) is 16.5 Å². The molecule has 0 fully saturated rings. The van der Waals surface area contributed by atoms with Gasteiger partial charge in [-0.2, -0.15) is 12.1 Å². The molecule has 2 nitrogen and oxygen atoms in total. The molecule has 0 bridgehead atoms. The van der Waals surface area contributed by atoms with Crippen molar-refractivity contribution < 1.29 is 42.3 Å². The van der Waals surface area contributed by atoms with E-state index in [9.17, 15) is 9.59 Å². The van der Waals surface area contributed by atoms with Crippen molar-refractivity contribution in [3.63, 3.8) is 0 Å². The molecular formula is C24H16O2Y-2. The monoisotopic (exact) mass is 425 g/mol. The first kappa shape index (κ1) is 19.6. The van der Waals surface area contributed by atoms with Crippen molar-refractivity contribution in [2.24, 2.45) is 0 Å².